The highest BCUT2D eigenvalue weighted by Crippen LogP contribution is 2.34. The smallest absolute Gasteiger partial charge is 0.336 e. The lowest BCUT2D eigenvalue weighted by Crippen LogP contribution is -2.25. The zero-order valence-corrected chi connectivity index (χ0v) is 12.5. The number of aryl methyl sites for hydroxylation is 1. The van der Waals surface area contributed by atoms with E-state index in [1.165, 1.54) is 5.56 Å². The van der Waals surface area contributed by atoms with Crippen LogP contribution in [-0.4, -0.2) is 17.2 Å². The molecule has 22 heavy (non-hydrogen) atoms. The van der Waals surface area contributed by atoms with E-state index in [1.807, 2.05) is 43.3 Å². The molecule has 0 radical (unpaired) electrons. The van der Waals surface area contributed by atoms with E-state index in [2.05, 4.69) is 6.07 Å². The molecule has 0 saturated carbocycles. The van der Waals surface area contributed by atoms with Gasteiger partial charge in [0.05, 0.1) is 5.56 Å². The summed E-state index contributed by atoms with van der Waals surface area (Å²) in [6, 6.07) is 15.1. The maximum absolute atomic E-state index is 11.5. The number of benzene rings is 2. The number of rotatable bonds is 3. The van der Waals surface area contributed by atoms with Gasteiger partial charge in [-0.2, -0.15) is 0 Å². The highest BCUT2D eigenvalue weighted by molar-refractivity contribution is 5.94. The Balaban J connectivity index is 1.96. The summed E-state index contributed by atoms with van der Waals surface area (Å²) in [6.07, 6.45) is 3.64. The monoisotopic (exact) mass is 294 g/mol. The van der Waals surface area contributed by atoms with Gasteiger partial charge in [0.1, 0.15) is 11.9 Å². The third kappa shape index (κ3) is 2.62. The van der Waals surface area contributed by atoms with Gasteiger partial charge in [0.15, 0.2) is 0 Å². The first-order valence-electron chi connectivity index (χ1n) is 7.44. The Morgan fingerprint density at radius 3 is 2.55 bits per heavy atom. The molecule has 2 aromatic carbocycles. The molecule has 0 spiro atoms. The zero-order valence-electron chi connectivity index (χ0n) is 12.5. The summed E-state index contributed by atoms with van der Waals surface area (Å²) in [5.74, 6) is -0.0166. The SMILES string of the molecule is CC=C(c1ccccc1C(=O)O)C1CCc2ccccc2O1. The van der Waals surface area contributed by atoms with Gasteiger partial charge in [-0.1, -0.05) is 42.5 Å². The van der Waals surface area contributed by atoms with Crippen molar-refractivity contribution >= 4 is 11.5 Å². The minimum atomic E-state index is -0.911. The van der Waals surface area contributed by atoms with Crippen LogP contribution in [0.3, 0.4) is 0 Å². The van der Waals surface area contributed by atoms with Crippen molar-refractivity contribution in [3.63, 3.8) is 0 Å². The Kier molecular flexibility index (Phi) is 3.96. The van der Waals surface area contributed by atoms with Crippen molar-refractivity contribution in [2.75, 3.05) is 0 Å². The summed E-state index contributed by atoms with van der Waals surface area (Å²) in [6.45, 7) is 1.93. The lowest BCUT2D eigenvalue weighted by molar-refractivity contribution is 0.0696. The fraction of sp³-hybridized carbons (Fsp3) is 0.211. The molecular weight excluding hydrogens is 276 g/mol. The summed E-state index contributed by atoms with van der Waals surface area (Å²) in [5.41, 5.74) is 3.20. The van der Waals surface area contributed by atoms with E-state index in [0.29, 0.717) is 5.56 Å². The van der Waals surface area contributed by atoms with Gasteiger partial charge >= 0.3 is 5.97 Å². The summed E-state index contributed by atoms with van der Waals surface area (Å²) in [4.78, 5) is 11.5. The van der Waals surface area contributed by atoms with E-state index in [0.717, 1.165) is 29.7 Å². The van der Waals surface area contributed by atoms with E-state index >= 15 is 0 Å². The van der Waals surface area contributed by atoms with E-state index in [4.69, 9.17) is 4.74 Å². The Bertz CT molecular complexity index is 731. The predicted molar refractivity (Wildman–Crippen MR) is 86.2 cm³/mol. The second-order valence-electron chi connectivity index (χ2n) is 5.35. The molecule has 0 saturated heterocycles. The summed E-state index contributed by atoms with van der Waals surface area (Å²) >= 11 is 0. The van der Waals surface area contributed by atoms with Crippen molar-refractivity contribution in [3.8, 4) is 5.75 Å². The molecule has 1 aliphatic rings. The molecule has 0 aliphatic carbocycles. The molecule has 0 fully saturated rings. The van der Waals surface area contributed by atoms with Crippen molar-refractivity contribution in [2.24, 2.45) is 0 Å². The second-order valence-corrected chi connectivity index (χ2v) is 5.35. The van der Waals surface area contributed by atoms with E-state index in [1.54, 1.807) is 12.1 Å². The molecule has 3 heteroatoms. The van der Waals surface area contributed by atoms with Crippen LogP contribution in [0.2, 0.25) is 0 Å². The Labute approximate surface area is 129 Å². The van der Waals surface area contributed by atoms with Crippen LogP contribution in [0.5, 0.6) is 5.75 Å². The first-order chi connectivity index (χ1) is 10.7. The Hall–Kier alpha value is -2.55. The van der Waals surface area contributed by atoms with Crippen molar-refractivity contribution < 1.29 is 14.6 Å². The molecule has 3 rings (SSSR count). The number of ether oxygens (including phenoxy) is 1. The van der Waals surface area contributed by atoms with Crippen LogP contribution in [0.4, 0.5) is 0 Å². The summed E-state index contributed by atoms with van der Waals surface area (Å²) in [5, 5.41) is 9.40. The number of para-hydroxylation sites is 1. The van der Waals surface area contributed by atoms with Gasteiger partial charge in [0.2, 0.25) is 0 Å². The van der Waals surface area contributed by atoms with Crippen LogP contribution in [0.1, 0.15) is 34.8 Å². The molecule has 1 aliphatic heterocycles. The molecule has 1 atom stereocenters. The normalized spacial score (nSPS) is 17.5. The van der Waals surface area contributed by atoms with Crippen LogP contribution in [-0.2, 0) is 6.42 Å². The fourth-order valence-corrected chi connectivity index (χ4v) is 2.98. The van der Waals surface area contributed by atoms with Gasteiger partial charge in [0.25, 0.3) is 0 Å². The fourth-order valence-electron chi connectivity index (χ4n) is 2.98. The number of hydrogen-bond acceptors (Lipinski definition) is 2. The molecule has 0 bridgehead atoms. The van der Waals surface area contributed by atoms with Crippen molar-refractivity contribution in [1.29, 1.82) is 0 Å². The quantitative estimate of drug-likeness (QED) is 0.923. The van der Waals surface area contributed by atoms with Gasteiger partial charge in [-0.15, -0.1) is 0 Å². The standard InChI is InChI=1S/C19H18O3/c1-2-14(15-8-4-5-9-16(15)19(20)21)18-12-11-13-7-3-6-10-17(13)22-18/h2-10,18H,11-12H2,1H3,(H,20,21). The van der Waals surface area contributed by atoms with Gasteiger partial charge < -0.3 is 9.84 Å². The number of hydrogen-bond donors (Lipinski definition) is 1. The molecule has 1 unspecified atom stereocenters. The molecule has 0 amide bonds. The summed E-state index contributed by atoms with van der Waals surface area (Å²) < 4.78 is 6.11. The van der Waals surface area contributed by atoms with Crippen LogP contribution in [0.25, 0.3) is 5.57 Å². The number of carbonyl (C=O) groups is 1. The minimum Gasteiger partial charge on any atom is -0.485 e. The molecule has 0 aromatic heterocycles. The number of carboxylic acid groups (broad SMARTS) is 1. The molecule has 1 N–H and O–H groups in total. The van der Waals surface area contributed by atoms with Crippen molar-refractivity contribution in [1.82, 2.24) is 0 Å². The topological polar surface area (TPSA) is 46.5 Å². The van der Waals surface area contributed by atoms with E-state index in [-0.39, 0.29) is 6.10 Å². The first-order valence-corrected chi connectivity index (χ1v) is 7.44. The predicted octanol–water partition coefficient (Wildman–Crippen LogP) is 4.18. The van der Waals surface area contributed by atoms with E-state index in [9.17, 15) is 9.90 Å². The lowest BCUT2D eigenvalue weighted by atomic mass is 9.90. The average molecular weight is 294 g/mol. The number of carboxylic acids is 1. The lowest BCUT2D eigenvalue weighted by Gasteiger charge is -2.28. The van der Waals surface area contributed by atoms with Crippen LogP contribution in [0.15, 0.2) is 54.6 Å². The van der Waals surface area contributed by atoms with Gasteiger partial charge in [-0.25, -0.2) is 4.79 Å². The molecular formula is C19H18O3. The van der Waals surface area contributed by atoms with Crippen molar-refractivity contribution in [2.45, 2.75) is 25.9 Å². The second kappa shape index (κ2) is 6.06. The van der Waals surface area contributed by atoms with Gasteiger partial charge in [0, 0.05) is 0 Å². The van der Waals surface area contributed by atoms with Crippen LogP contribution in [0, 0.1) is 0 Å². The largest absolute Gasteiger partial charge is 0.485 e. The first kappa shape index (κ1) is 14.4. The molecule has 3 nitrogen and oxygen atoms in total. The molecule has 112 valence electrons. The molecule has 1 heterocycles. The number of aromatic carboxylic acids is 1. The highest BCUT2D eigenvalue weighted by atomic mass is 16.5. The van der Waals surface area contributed by atoms with Crippen LogP contribution >= 0.6 is 0 Å². The van der Waals surface area contributed by atoms with Gasteiger partial charge in [-0.3, -0.25) is 0 Å². The van der Waals surface area contributed by atoms with E-state index < -0.39 is 5.97 Å². The Morgan fingerprint density at radius 1 is 1.14 bits per heavy atom. The highest BCUT2D eigenvalue weighted by Gasteiger charge is 2.25. The maximum Gasteiger partial charge on any atom is 0.336 e. The zero-order chi connectivity index (χ0) is 15.5. The van der Waals surface area contributed by atoms with Gasteiger partial charge in [-0.05, 0) is 48.6 Å². The van der Waals surface area contributed by atoms with Crippen LogP contribution < -0.4 is 4.74 Å². The Morgan fingerprint density at radius 2 is 1.82 bits per heavy atom. The summed E-state index contributed by atoms with van der Waals surface area (Å²) in [7, 11) is 0. The minimum absolute atomic E-state index is 0.111. The maximum atomic E-state index is 11.5. The molecule has 2 aromatic rings. The third-order valence-electron chi connectivity index (χ3n) is 4.04. The van der Waals surface area contributed by atoms with Crippen molar-refractivity contribution in [3.05, 3.63) is 71.3 Å². The number of allylic oxidation sites excluding steroid dienone is 1. The number of fused-ring (bicyclic) bond motifs is 1. The average Bonchev–Trinajstić information content (AvgIpc) is 2.56. The third-order valence-corrected chi connectivity index (χ3v) is 4.04.